The van der Waals surface area contributed by atoms with Crippen LogP contribution in [-0.4, -0.2) is 20.9 Å². The van der Waals surface area contributed by atoms with Gasteiger partial charge in [-0.15, -0.1) is 5.10 Å². The molecule has 0 aromatic carbocycles. The molecule has 0 aliphatic heterocycles. The first-order valence-corrected chi connectivity index (χ1v) is 4.95. The molecule has 1 heterocycles. The molecule has 0 atom stereocenters. The molecule has 0 spiro atoms. The molecule has 0 aliphatic carbocycles. The van der Waals surface area contributed by atoms with Crippen LogP contribution in [0.5, 0.6) is 0 Å². The van der Waals surface area contributed by atoms with E-state index in [4.69, 9.17) is 0 Å². The van der Waals surface area contributed by atoms with E-state index in [-0.39, 0.29) is 5.82 Å². The van der Waals surface area contributed by atoms with E-state index in [0.717, 1.165) is 14.8 Å². The molecule has 0 fully saturated rings. The minimum absolute atomic E-state index is 0.183. The van der Waals surface area contributed by atoms with Crippen LogP contribution in [0.15, 0.2) is 21.2 Å². The van der Waals surface area contributed by atoms with Crippen molar-refractivity contribution in [2.75, 3.05) is 11.9 Å². The highest BCUT2D eigenvalue weighted by Crippen LogP contribution is 1.91. The number of hydrogen-bond donors (Lipinski definition) is 1. The summed E-state index contributed by atoms with van der Waals surface area (Å²) < 4.78 is 2.16. The minimum atomic E-state index is -0.433. The number of allylic oxidation sites excluding steroid dienone is 1. The van der Waals surface area contributed by atoms with Gasteiger partial charge in [-0.2, -0.15) is 0 Å². The van der Waals surface area contributed by atoms with E-state index in [1.807, 2.05) is 19.9 Å². The van der Waals surface area contributed by atoms with E-state index in [1.165, 1.54) is 14.1 Å². The third kappa shape index (κ3) is 2.59. The van der Waals surface area contributed by atoms with Gasteiger partial charge in [-0.3, -0.25) is 9.36 Å². The summed E-state index contributed by atoms with van der Waals surface area (Å²) in [6.07, 6.45) is 1.94. The average molecular weight is 224 g/mol. The van der Waals surface area contributed by atoms with Crippen molar-refractivity contribution in [1.82, 2.24) is 14.3 Å². The van der Waals surface area contributed by atoms with Gasteiger partial charge < -0.3 is 5.32 Å². The zero-order valence-corrected chi connectivity index (χ0v) is 9.94. The van der Waals surface area contributed by atoms with Crippen LogP contribution in [0.25, 0.3) is 0 Å². The standard InChI is InChI=1S/C10H16N4O2/c1-7(2)5-6-11-8-9(15)13(3)10(16)14(4)12-8/h5H,6H2,1-4H3,(H,11,12). The second-order valence-corrected chi connectivity index (χ2v) is 3.78. The van der Waals surface area contributed by atoms with E-state index in [1.54, 1.807) is 0 Å². The Bertz CT molecular complexity index is 521. The van der Waals surface area contributed by atoms with E-state index < -0.39 is 11.2 Å². The Morgan fingerprint density at radius 2 is 2.00 bits per heavy atom. The van der Waals surface area contributed by atoms with Gasteiger partial charge in [0.1, 0.15) is 0 Å². The molecule has 16 heavy (non-hydrogen) atoms. The molecule has 6 heteroatoms. The number of rotatable bonds is 3. The predicted octanol–water partition coefficient (Wildman–Crippen LogP) is -0.143. The Kier molecular flexibility index (Phi) is 3.65. The minimum Gasteiger partial charge on any atom is -0.361 e. The lowest BCUT2D eigenvalue weighted by Crippen LogP contribution is -2.40. The Morgan fingerprint density at radius 3 is 2.56 bits per heavy atom. The summed E-state index contributed by atoms with van der Waals surface area (Å²) in [6.45, 7) is 4.45. The van der Waals surface area contributed by atoms with Crippen LogP contribution in [0.4, 0.5) is 5.82 Å². The van der Waals surface area contributed by atoms with Crippen LogP contribution >= 0.6 is 0 Å². The molecule has 0 bridgehead atoms. The summed E-state index contributed by atoms with van der Waals surface area (Å²) in [5, 5.41) is 6.73. The molecule has 0 aliphatic rings. The zero-order chi connectivity index (χ0) is 12.3. The van der Waals surface area contributed by atoms with Crippen molar-refractivity contribution in [2.45, 2.75) is 13.8 Å². The second-order valence-electron chi connectivity index (χ2n) is 3.78. The monoisotopic (exact) mass is 224 g/mol. The average Bonchev–Trinajstić information content (AvgIpc) is 2.22. The Balaban J connectivity index is 3.03. The lowest BCUT2D eigenvalue weighted by molar-refractivity contribution is 0.605. The summed E-state index contributed by atoms with van der Waals surface area (Å²) in [6, 6.07) is 0. The number of nitrogens with zero attached hydrogens (tertiary/aromatic N) is 3. The number of anilines is 1. The third-order valence-corrected chi connectivity index (χ3v) is 2.10. The SMILES string of the molecule is CC(C)=CCNc1nn(C)c(=O)n(C)c1=O. The lowest BCUT2D eigenvalue weighted by Gasteiger charge is -2.06. The van der Waals surface area contributed by atoms with Gasteiger partial charge in [-0.25, -0.2) is 9.48 Å². The molecule has 1 aromatic heterocycles. The van der Waals surface area contributed by atoms with Crippen molar-refractivity contribution in [3.05, 3.63) is 32.5 Å². The first-order valence-electron chi connectivity index (χ1n) is 4.95. The molecule has 0 radical (unpaired) electrons. The maximum absolute atomic E-state index is 11.6. The van der Waals surface area contributed by atoms with Gasteiger partial charge in [0.15, 0.2) is 0 Å². The van der Waals surface area contributed by atoms with Crippen LogP contribution in [0.3, 0.4) is 0 Å². The number of hydrogen-bond acceptors (Lipinski definition) is 4. The van der Waals surface area contributed by atoms with E-state index >= 15 is 0 Å². The lowest BCUT2D eigenvalue weighted by atomic mass is 10.3. The van der Waals surface area contributed by atoms with Crippen LogP contribution in [-0.2, 0) is 14.1 Å². The second kappa shape index (κ2) is 4.78. The number of nitrogens with one attached hydrogen (secondary N) is 1. The molecular weight excluding hydrogens is 208 g/mol. The van der Waals surface area contributed by atoms with Gasteiger partial charge in [-0.1, -0.05) is 11.6 Å². The summed E-state index contributed by atoms with van der Waals surface area (Å²) in [5.74, 6) is 0.183. The molecule has 1 N–H and O–H groups in total. The van der Waals surface area contributed by atoms with E-state index in [0.29, 0.717) is 6.54 Å². The Morgan fingerprint density at radius 1 is 1.38 bits per heavy atom. The Labute approximate surface area is 93.2 Å². The van der Waals surface area contributed by atoms with Crippen molar-refractivity contribution in [1.29, 1.82) is 0 Å². The molecule has 88 valence electrons. The van der Waals surface area contributed by atoms with Crippen LogP contribution in [0.1, 0.15) is 13.8 Å². The van der Waals surface area contributed by atoms with Gasteiger partial charge in [0.2, 0.25) is 5.82 Å². The molecular formula is C10H16N4O2. The highest BCUT2D eigenvalue weighted by Gasteiger charge is 2.06. The predicted molar refractivity (Wildman–Crippen MR) is 62.6 cm³/mol. The quantitative estimate of drug-likeness (QED) is 0.725. The first kappa shape index (κ1) is 12.2. The molecule has 0 saturated heterocycles. The van der Waals surface area contributed by atoms with E-state index in [2.05, 4.69) is 10.4 Å². The molecule has 0 unspecified atom stereocenters. The fraction of sp³-hybridized carbons (Fsp3) is 0.500. The van der Waals surface area contributed by atoms with Gasteiger partial charge in [0.05, 0.1) is 0 Å². The van der Waals surface area contributed by atoms with Gasteiger partial charge >= 0.3 is 5.69 Å². The molecule has 1 aromatic rings. The van der Waals surface area contributed by atoms with Gasteiger partial charge in [0, 0.05) is 20.6 Å². The smallest absolute Gasteiger partial charge is 0.346 e. The van der Waals surface area contributed by atoms with Crippen LogP contribution in [0.2, 0.25) is 0 Å². The number of aromatic nitrogens is 3. The van der Waals surface area contributed by atoms with Crippen molar-refractivity contribution in [3.63, 3.8) is 0 Å². The molecule has 0 saturated carbocycles. The fourth-order valence-corrected chi connectivity index (χ4v) is 1.16. The highest BCUT2D eigenvalue weighted by molar-refractivity contribution is 5.30. The highest BCUT2D eigenvalue weighted by atomic mass is 16.2. The maximum atomic E-state index is 11.6. The largest absolute Gasteiger partial charge is 0.361 e. The summed E-state index contributed by atoms with van der Waals surface area (Å²) in [7, 11) is 2.94. The maximum Gasteiger partial charge on any atom is 0.346 e. The first-order chi connectivity index (χ1) is 7.43. The van der Waals surface area contributed by atoms with Crippen LogP contribution in [0, 0.1) is 0 Å². The van der Waals surface area contributed by atoms with Crippen molar-refractivity contribution in [3.8, 4) is 0 Å². The molecule has 6 nitrogen and oxygen atoms in total. The van der Waals surface area contributed by atoms with Crippen molar-refractivity contribution >= 4 is 5.82 Å². The fourth-order valence-electron chi connectivity index (χ4n) is 1.16. The molecule has 0 amide bonds. The summed E-state index contributed by atoms with van der Waals surface area (Å²) in [5.41, 5.74) is 0.303. The Hall–Kier alpha value is -1.85. The summed E-state index contributed by atoms with van der Waals surface area (Å²) in [4.78, 5) is 23.0. The number of aryl methyl sites for hydroxylation is 1. The van der Waals surface area contributed by atoms with Crippen LogP contribution < -0.4 is 16.6 Å². The van der Waals surface area contributed by atoms with Crippen molar-refractivity contribution in [2.24, 2.45) is 14.1 Å². The summed E-state index contributed by atoms with van der Waals surface area (Å²) >= 11 is 0. The van der Waals surface area contributed by atoms with E-state index in [9.17, 15) is 9.59 Å². The molecule has 1 rings (SSSR count). The van der Waals surface area contributed by atoms with Gasteiger partial charge in [-0.05, 0) is 13.8 Å². The van der Waals surface area contributed by atoms with Crippen molar-refractivity contribution < 1.29 is 0 Å². The topological polar surface area (TPSA) is 68.9 Å². The van der Waals surface area contributed by atoms with Gasteiger partial charge in [0.25, 0.3) is 5.56 Å². The normalized spacial score (nSPS) is 10.0. The third-order valence-electron chi connectivity index (χ3n) is 2.10. The zero-order valence-electron chi connectivity index (χ0n) is 9.94.